The molecule has 0 spiro atoms. The van der Waals surface area contributed by atoms with Crippen LogP contribution in [0.3, 0.4) is 0 Å². The van der Waals surface area contributed by atoms with Crippen LogP contribution in [0.5, 0.6) is 0 Å². The first-order valence-electron chi connectivity index (χ1n) is 8.09. The van der Waals surface area contributed by atoms with E-state index in [2.05, 4.69) is 25.5 Å². The molecule has 0 aliphatic rings. The third-order valence-electron chi connectivity index (χ3n) is 4.34. The molecule has 3 aromatic heterocycles. The summed E-state index contributed by atoms with van der Waals surface area (Å²) in [4.78, 5) is 19.9. The zero-order valence-corrected chi connectivity index (χ0v) is 14.2. The number of benzene rings is 1. The summed E-state index contributed by atoms with van der Waals surface area (Å²) >= 11 is 0. The van der Waals surface area contributed by atoms with E-state index >= 15 is 0 Å². The fraction of sp³-hybridized carbons (Fsp3) is 0.105. The highest BCUT2D eigenvalue weighted by Crippen LogP contribution is 2.25. The molecule has 130 valence electrons. The third kappa shape index (κ3) is 2.83. The molecular weight excluding hydrogens is 333 g/mol. The molecule has 1 aromatic carbocycles. The smallest absolute Gasteiger partial charge is 0.273 e. The molecule has 3 heterocycles. The number of aromatic nitrogens is 4. The number of nitrogens with zero attached hydrogens (tertiary/aromatic N) is 2. The van der Waals surface area contributed by atoms with Gasteiger partial charge in [0.25, 0.3) is 5.91 Å². The van der Waals surface area contributed by atoms with Crippen LogP contribution in [0, 0.1) is 19.7 Å². The number of amides is 1. The number of halogens is 1. The highest BCUT2D eigenvalue weighted by Gasteiger charge is 2.14. The van der Waals surface area contributed by atoms with Crippen LogP contribution < -0.4 is 5.32 Å². The van der Waals surface area contributed by atoms with Crippen LogP contribution in [0.25, 0.3) is 22.3 Å². The van der Waals surface area contributed by atoms with Gasteiger partial charge in [0, 0.05) is 22.2 Å². The van der Waals surface area contributed by atoms with Gasteiger partial charge in [0.05, 0.1) is 17.6 Å². The van der Waals surface area contributed by atoms with Crippen molar-refractivity contribution in [1.29, 1.82) is 0 Å². The zero-order valence-electron chi connectivity index (χ0n) is 14.2. The monoisotopic (exact) mass is 349 g/mol. The van der Waals surface area contributed by atoms with E-state index in [9.17, 15) is 9.18 Å². The minimum absolute atomic E-state index is 0.273. The van der Waals surface area contributed by atoms with E-state index in [1.807, 2.05) is 32.0 Å². The Balaban J connectivity index is 1.63. The number of aryl methyl sites for hydroxylation is 1. The lowest BCUT2D eigenvalue weighted by molar-refractivity contribution is 0.102. The summed E-state index contributed by atoms with van der Waals surface area (Å²) < 4.78 is 13.4. The summed E-state index contributed by atoms with van der Waals surface area (Å²) in [5.74, 6) is -0.572. The SMILES string of the molecule is Cc1n[nH]c(C(=O)Nc2cnc3[nH]c(-c4cccc(F)c4)cc3c2)c1C. The number of hydrogen-bond acceptors (Lipinski definition) is 3. The number of carbonyl (C=O) groups is 1. The topological polar surface area (TPSA) is 86.5 Å². The molecule has 4 aromatic rings. The molecule has 0 fully saturated rings. The average molecular weight is 349 g/mol. The van der Waals surface area contributed by atoms with Crippen molar-refractivity contribution in [3.63, 3.8) is 0 Å². The maximum atomic E-state index is 13.4. The predicted molar refractivity (Wildman–Crippen MR) is 97.5 cm³/mol. The van der Waals surface area contributed by atoms with E-state index < -0.39 is 0 Å². The third-order valence-corrected chi connectivity index (χ3v) is 4.34. The second-order valence-electron chi connectivity index (χ2n) is 6.12. The van der Waals surface area contributed by atoms with E-state index in [1.165, 1.54) is 12.1 Å². The lowest BCUT2D eigenvalue weighted by Crippen LogP contribution is -2.13. The summed E-state index contributed by atoms with van der Waals surface area (Å²) in [6, 6.07) is 10.0. The van der Waals surface area contributed by atoms with E-state index in [1.54, 1.807) is 12.3 Å². The number of carbonyl (C=O) groups excluding carboxylic acids is 1. The Morgan fingerprint density at radius 1 is 1.19 bits per heavy atom. The van der Waals surface area contributed by atoms with Crippen molar-refractivity contribution in [2.24, 2.45) is 0 Å². The van der Waals surface area contributed by atoms with Crippen molar-refractivity contribution in [3.8, 4) is 11.3 Å². The van der Waals surface area contributed by atoms with E-state index in [0.717, 1.165) is 27.9 Å². The zero-order chi connectivity index (χ0) is 18.3. The fourth-order valence-electron chi connectivity index (χ4n) is 2.80. The van der Waals surface area contributed by atoms with E-state index in [-0.39, 0.29) is 11.7 Å². The molecule has 0 aliphatic carbocycles. The van der Waals surface area contributed by atoms with Gasteiger partial charge in [0.2, 0.25) is 0 Å². The summed E-state index contributed by atoms with van der Waals surface area (Å²) in [7, 11) is 0. The van der Waals surface area contributed by atoms with Crippen LogP contribution in [-0.4, -0.2) is 26.1 Å². The summed E-state index contributed by atoms with van der Waals surface area (Å²) in [6.45, 7) is 3.68. The van der Waals surface area contributed by atoms with Gasteiger partial charge in [-0.3, -0.25) is 9.89 Å². The van der Waals surface area contributed by atoms with Crippen LogP contribution >= 0.6 is 0 Å². The molecule has 0 bridgehead atoms. The van der Waals surface area contributed by atoms with Crippen LogP contribution in [0.2, 0.25) is 0 Å². The lowest BCUT2D eigenvalue weighted by atomic mass is 10.1. The van der Waals surface area contributed by atoms with Gasteiger partial charge in [-0.05, 0) is 38.1 Å². The van der Waals surface area contributed by atoms with Crippen molar-refractivity contribution in [3.05, 3.63) is 65.4 Å². The molecule has 0 aliphatic heterocycles. The van der Waals surface area contributed by atoms with Gasteiger partial charge in [-0.2, -0.15) is 5.10 Å². The number of rotatable bonds is 3. The standard InChI is InChI=1S/C19H16FN5O/c1-10-11(2)24-25-17(10)19(26)22-15-7-13-8-16(23-18(13)21-9-15)12-4-3-5-14(20)6-12/h3-9H,1-2H3,(H,21,23)(H,22,26)(H,24,25). The highest BCUT2D eigenvalue weighted by molar-refractivity contribution is 6.04. The molecule has 6 nitrogen and oxygen atoms in total. The largest absolute Gasteiger partial charge is 0.339 e. The Labute approximate surface area is 148 Å². The first-order valence-corrected chi connectivity index (χ1v) is 8.09. The maximum Gasteiger partial charge on any atom is 0.273 e. The number of hydrogen-bond donors (Lipinski definition) is 3. The molecule has 0 saturated carbocycles. The molecular formula is C19H16FN5O. The van der Waals surface area contributed by atoms with Gasteiger partial charge in [0.1, 0.15) is 17.2 Å². The Bertz CT molecular complexity index is 1130. The normalized spacial score (nSPS) is 11.0. The Morgan fingerprint density at radius 3 is 2.77 bits per heavy atom. The quantitative estimate of drug-likeness (QED) is 0.523. The van der Waals surface area contributed by atoms with E-state index in [0.29, 0.717) is 17.0 Å². The Hall–Kier alpha value is -3.48. The van der Waals surface area contributed by atoms with Gasteiger partial charge in [-0.25, -0.2) is 9.37 Å². The Kier molecular flexibility index (Phi) is 3.76. The number of H-pyrrole nitrogens is 2. The minimum Gasteiger partial charge on any atom is -0.339 e. The molecule has 7 heteroatoms. The maximum absolute atomic E-state index is 13.4. The first kappa shape index (κ1) is 16.0. The van der Waals surface area contributed by atoms with Crippen LogP contribution in [0.15, 0.2) is 42.6 Å². The average Bonchev–Trinajstić information content (AvgIpc) is 3.18. The molecule has 0 radical (unpaired) electrons. The summed E-state index contributed by atoms with van der Waals surface area (Å²) in [6.07, 6.45) is 1.57. The van der Waals surface area contributed by atoms with Crippen LogP contribution in [0.4, 0.5) is 10.1 Å². The molecule has 4 rings (SSSR count). The van der Waals surface area contributed by atoms with Crippen molar-refractivity contribution in [2.75, 3.05) is 5.32 Å². The van der Waals surface area contributed by atoms with Crippen molar-refractivity contribution < 1.29 is 9.18 Å². The molecule has 0 saturated heterocycles. The fourth-order valence-corrected chi connectivity index (χ4v) is 2.80. The minimum atomic E-state index is -0.299. The van der Waals surface area contributed by atoms with Crippen LogP contribution in [0.1, 0.15) is 21.7 Å². The number of nitrogens with one attached hydrogen (secondary N) is 3. The number of pyridine rings is 1. The van der Waals surface area contributed by atoms with Gasteiger partial charge in [0.15, 0.2) is 0 Å². The lowest BCUT2D eigenvalue weighted by Gasteiger charge is -2.04. The number of aromatic amines is 2. The number of fused-ring (bicyclic) bond motifs is 1. The predicted octanol–water partition coefficient (Wildman–Crippen LogP) is 3.96. The number of anilines is 1. The molecule has 0 unspecified atom stereocenters. The van der Waals surface area contributed by atoms with Gasteiger partial charge < -0.3 is 10.3 Å². The van der Waals surface area contributed by atoms with Crippen LogP contribution in [-0.2, 0) is 0 Å². The van der Waals surface area contributed by atoms with Gasteiger partial charge in [-0.1, -0.05) is 12.1 Å². The molecule has 3 N–H and O–H groups in total. The summed E-state index contributed by atoms with van der Waals surface area (Å²) in [5.41, 5.74) is 4.75. The molecule has 26 heavy (non-hydrogen) atoms. The van der Waals surface area contributed by atoms with Crippen molar-refractivity contribution >= 4 is 22.6 Å². The van der Waals surface area contributed by atoms with Crippen molar-refractivity contribution in [2.45, 2.75) is 13.8 Å². The van der Waals surface area contributed by atoms with Gasteiger partial charge in [-0.15, -0.1) is 0 Å². The Morgan fingerprint density at radius 2 is 2.04 bits per heavy atom. The van der Waals surface area contributed by atoms with E-state index in [4.69, 9.17) is 0 Å². The molecule has 1 amide bonds. The highest BCUT2D eigenvalue weighted by atomic mass is 19.1. The van der Waals surface area contributed by atoms with Crippen molar-refractivity contribution in [1.82, 2.24) is 20.2 Å². The second-order valence-corrected chi connectivity index (χ2v) is 6.12. The molecule has 0 atom stereocenters. The van der Waals surface area contributed by atoms with Gasteiger partial charge >= 0.3 is 0 Å². The second kappa shape index (κ2) is 6.11. The summed E-state index contributed by atoms with van der Waals surface area (Å²) in [5, 5.41) is 10.4. The first-order chi connectivity index (χ1) is 12.5.